The van der Waals surface area contributed by atoms with Crippen LogP contribution in [-0.4, -0.2) is 28.6 Å². The molecule has 250 valence electrons. The quantitative estimate of drug-likeness (QED) is 0.172. The Labute approximate surface area is 270 Å². The third kappa shape index (κ3) is 4.93. The van der Waals surface area contributed by atoms with Crippen molar-refractivity contribution in [1.29, 1.82) is 0 Å². The van der Waals surface area contributed by atoms with Crippen LogP contribution in [-0.2, 0) is 25.6 Å². The minimum atomic E-state index is -4.56. The number of fused-ring (bicyclic) bond motifs is 4. The van der Waals surface area contributed by atoms with Crippen LogP contribution in [0.3, 0.4) is 0 Å². The number of anilines is 4. The molecule has 0 radical (unpaired) electrons. The molecule has 0 aliphatic carbocycles. The molecular formula is C34H27F6N4O4-. The zero-order valence-corrected chi connectivity index (χ0v) is 25.1. The Morgan fingerprint density at radius 3 is 1.60 bits per heavy atom. The first-order valence-electron chi connectivity index (χ1n) is 15.3. The van der Waals surface area contributed by atoms with Crippen molar-refractivity contribution in [3.63, 3.8) is 0 Å². The van der Waals surface area contributed by atoms with E-state index in [0.29, 0.717) is 49.7 Å². The fourth-order valence-corrected chi connectivity index (χ4v) is 7.28. The predicted molar refractivity (Wildman–Crippen MR) is 162 cm³/mol. The number of halogens is 6. The zero-order chi connectivity index (χ0) is 33.5. The molecule has 0 saturated heterocycles. The lowest BCUT2D eigenvalue weighted by molar-refractivity contribution is -0.271. The number of hydrogen-bond acceptors (Lipinski definition) is 8. The Balaban J connectivity index is 1.14. The van der Waals surface area contributed by atoms with Crippen molar-refractivity contribution in [3.8, 4) is 11.5 Å². The average Bonchev–Trinajstić information content (AvgIpc) is 3.33. The third-order valence-electron chi connectivity index (χ3n) is 9.48. The molecule has 4 aromatic carbocycles. The van der Waals surface area contributed by atoms with Crippen molar-refractivity contribution in [2.24, 2.45) is 0 Å². The summed E-state index contributed by atoms with van der Waals surface area (Å²) in [6, 6.07) is 15.4. The number of nitrogens with zero attached hydrogens (tertiary/aromatic N) is 4. The zero-order valence-electron chi connectivity index (χ0n) is 25.1. The fraction of sp³-hybridized carbons (Fsp3) is 0.294. The lowest BCUT2D eigenvalue weighted by Gasteiger charge is -2.50. The maximum absolute atomic E-state index is 14.1. The molecule has 4 aliphatic rings. The smallest absolute Gasteiger partial charge is 0.416 e. The van der Waals surface area contributed by atoms with Gasteiger partial charge in [0.1, 0.15) is 24.7 Å². The molecule has 1 N–H and O–H groups in total. The number of para-hydroxylation sites is 2. The first-order chi connectivity index (χ1) is 22.9. The van der Waals surface area contributed by atoms with Crippen LogP contribution in [0.4, 0.5) is 49.1 Å². The normalized spacial score (nSPS) is 19.8. The Morgan fingerprint density at radius 2 is 1.12 bits per heavy atom. The number of hydrogen-bond donors (Lipinski definition) is 1. The number of ether oxygens (including phenoxy) is 2. The fourth-order valence-electron chi connectivity index (χ4n) is 7.28. The van der Waals surface area contributed by atoms with E-state index in [2.05, 4.69) is 0 Å². The molecule has 4 aromatic rings. The highest BCUT2D eigenvalue weighted by molar-refractivity contribution is 5.78. The number of hydroxylamine groups is 2. The third-order valence-corrected chi connectivity index (χ3v) is 9.48. The van der Waals surface area contributed by atoms with Gasteiger partial charge in [-0.05, 0) is 60.4 Å². The predicted octanol–water partition coefficient (Wildman–Crippen LogP) is 8.78. The Kier molecular flexibility index (Phi) is 7.07. The van der Waals surface area contributed by atoms with Crippen molar-refractivity contribution in [1.82, 2.24) is 10.3 Å². The van der Waals surface area contributed by atoms with Gasteiger partial charge in [0, 0.05) is 30.3 Å². The molecule has 2 atom stereocenters. The average molecular weight is 670 g/mol. The number of hydrazine groups is 1. The molecule has 8 rings (SSSR count). The summed E-state index contributed by atoms with van der Waals surface area (Å²) in [5.41, 5.74) is 2.39. The SMILES string of the molecule is [O-]N(C1CCN2c3cc(C(F)(F)F)ccc3OCc3cccc1c32)N(O)C1CCN2c3cc(C(F)(F)F)ccc3OCc3cccc1c32. The van der Waals surface area contributed by atoms with Gasteiger partial charge in [0.25, 0.3) is 0 Å². The van der Waals surface area contributed by atoms with Crippen molar-refractivity contribution >= 4 is 22.7 Å². The van der Waals surface area contributed by atoms with Crippen LogP contribution in [0.5, 0.6) is 11.5 Å². The van der Waals surface area contributed by atoms with E-state index < -0.39 is 35.6 Å². The molecule has 14 heteroatoms. The van der Waals surface area contributed by atoms with Crippen molar-refractivity contribution in [2.75, 3.05) is 22.9 Å². The van der Waals surface area contributed by atoms with E-state index in [1.165, 1.54) is 12.1 Å². The molecule has 48 heavy (non-hydrogen) atoms. The molecule has 0 spiro atoms. The van der Waals surface area contributed by atoms with Crippen LogP contribution in [0.1, 0.15) is 58.3 Å². The summed E-state index contributed by atoms with van der Waals surface area (Å²) in [5.74, 6) is 0.579. The lowest BCUT2D eigenvalue weighted by Crippen LogP contribution is -2.46. The number of rotatable bonds is 3. The van der Waals surface area contributed by atoms with Crippen LogP contribution < -0.4 is 19.3 Å². The van der Waals surface area contributed by atoms with Crippen LogP contribution in [0, 0.1) is 5.21 Å². The monoisotopic (exact) mass is 669 g/mol. The second-order valence-electron chi connectivity index (χ2n) is 12.2. The number of alkyl halides is 6. The first kappa shape index (κ1) is 30.8. The standard InChI is InChI=1S/C34H27F6N4O4/c35-33(36,37)21-7-9-29-27(15-21)41-13-11-25(23-5-1-3-19(17-47-29)31(23)41)43(45)44(46)26-12-14-42-28-16-22(34(38,39)40)8-10-30(28)48-18-20-4-2-6-24(26)32(20)42/h1-10,15-16,25-26,45H,11-14,17-18H2/q-1. The van der Waals surface area contributed by atoms with E-state index in [9.17, 15) is 36.8 Å². The van der Waals surface area contributed by atoms with E-state index in [-0.39, 0.29) is 56.3 Å². The van der Waals surface area contributed by atoms with Gasteiger partial charge in [0.15, 0.2) is 0 Å². The maximum Gasteiger partial charge on any atom is 0.416 e. The van der Waals surface area contributed by atoms with E-state index >= 15 is 0 Å². The number of benzene rings is 4. The van der Waals surface area contributed by atoms with E-state index in [4.69, 9.17) is 9.47 Å². The summed E-state index contributed by atoms with van der Waals surface area (Å²) in [6.07, 6.45) is -8.77. The summed E-state index contributed by atoms with van der Waals surface area (Å²) in [5, 5.41) is 26.8. The molecule has 2 unspecified atom stereocenters. The van der Waals surface area contributed by atoms with Gasteiger partial charge < -0.3 is 24.5 Å². The topological polar surface area (TPSA) is 74.7 Å². The van der Waals surface area contributed by atoms with Crippen LogP contribution >= 0.6 is 0 Å². The van der Waals surface area contributed by atoms with E-state index in [1.54, 1.807) is 46.2 Å². The first-order valence-corrected chi connectivity index (χ1v) is 15.3. The van der Waals surface area contributed by atoms with Gasteiger partial charge in [-0.1, -0.05) is 36.4 Å². The van der Waals surface area contributed by atoms with Crippen LogP contribution in [0.2, 0.25) is 0 Å². The van der Waals surface area contributed by atoms with Crippen molar-refractivity contribution in [2.45, 2.75) is 50.5 Å². The van der Waals surface area contributed by atoms with Gasteiger partial charge in [0.05, 0.1) is 39.9 Å². The van der Waals surface area contributed by atoms with Crippen molar-refractivity contribution < 1.29 is 41.0 Å². The molecule has 4 aliphatic heterocycles. The van der Waals surface area contributed by atoms with Gasteiger partial charge in [-0.15, -0.1) is 5.17 Å². The molecule has 8 nitrogen and oxygen atoms in total. The van der Waals surface area contributed by atoms with Crippen LogP contribution in [0.15, 0.2) is 72.8 Å². The van der Waals surface area contributed by atoms with Gasteiger partial charge in [-0.2, -0.15) is 26.3 Å². The van der Waals surface area contributed by atoms with E-state index in [1.807, 2.05) is 0 Å². The van der Waals surface area contributed by atoms with Gasteiger partial charge in [0.2, 0.25) is 0 Å². The highest BCUT2D eigenvalue weighted by Gasteiger charge is 2.40. The molecule has 0 fully saturated rings. The molecule has 4 heterocycles. The Bertz CT molecular complexity index is 1780. The van der Waals surface area contributed by atoms with Crippen molar-refractivity contribution in [3.05, 3.63) is 111 Å². The summed E-state index contributed by atoms with van der Waals surface area (Å²) in [4.78, 5) is 3.47. The highest BCUT2D eigenvalue weighted by atomic mass is 19.4. The van der Waals surface area contributed by atoms with Gasteiger partial charge >= 0.3 is 12.4 Å². The highest BCUT2D eigenvalue weighted by Crippen LogP contribution is 2.52. The Hall–Kier alpha value is -4.50. The van der Waals surface area contributed by atoms with Crippen LogP contribution in [0.25, 0.3) is 0 Å². The summed E-state index contributed by atoms with van der Waals surface area (Å²) in [7, 11) is 0. The summed E-state index contributed by atoms with van der Waals surface area (Å²) in [6.45, 7) is 0.506. The maximum atomic E-state index is 14.1. The molecule has 0 bridgehead atoms. The molecule has 0 amide bonds. The molecular weight excluding hydrogens is 642 g/mol. The minimum absolute atomic E-state index is 0.0701. The lowest BCUT2D eigenvalue weighted by atomic mass is 9.92. The minimum Gasteiger partial charge on any atom is -0.769 e. The molecule has 0 aromatic heterocycles. The summed E-state index contributed by atoms with van der Waals surface area (Å²) < 4.78 is 93.8. The van der Waals surface area contributed by atoms with Gasteiger partial charge in [-0.25, -0.2) is 0 Å². The van der Waals surface area contributed by atoms with Gasteiger partial charge in [-0.3, -0.25) is 10.4 Å². The Morgan fingerprint density at radius 1 is 0.667 bits per heavy atom. The largest absolute Gasteiger partial charge is 0.769 e. The molecule has 0 saturated carbocycles. The second-order valence-corrected chi connectivity index (χ2v) is 12.2. The summed E-state index contributed by atoms with van der Waals surface area (Å²) >= 11 is 0. The van der Waals surface area contributed by atoms with E-state index in [0.717, 1.165) is 24.3 Å². The second kappa shape index (κ2) is 11.0.